The van der Waals surface area contributed by atoms with Gasteiger partial charge in [0.15, 0.2) is 5.82 Å². The maximum Gasteiger partial charge on any atom is 0.229 e. The lowest BCUT2D eigenvalue weighted by Gasteiger charge is -2.37. The molecule has 1 aliphatic heterocycles. The highest BCUT2D eigenvalue weighted by molar-refractivity contribution is 5.40. The summed E-state index contributed by atoms with van der Waals surface area (Å²) in [6.45, 7) is 6.70. The van der Waals surface area contributed by atoms with E-state index < -0.39 is 0 Å². The molecule has 1 saturated heterocycles. The minimum Gasteiger partial charge on any atom is -0.497 e. The number of hydrogen-bond acceptors (Lipinski definition) is 9. The number of anilines is 2. The Morgan fingerprint density at radius 1 is 1.07 bits per heavy atom. The van der Waals surface area contributed by atoms with Gasteiger partial charge in [0, 0.05) is 52.4 Å². The van der Waals surface area contributed by atoms with Crippen LogP contribution in [0, 0.1) is 0 Å². The van der Waals surface area contributed by atoms with Crippen molar-refractivity contribution in [2.45, 2.75) is 19.5 Å². The van der Waals surface area contributed by atoms with Gasteiger partial charge in [-0.15, -0.1) is 0 Å². The number of methoxy groups -OCH3 is 2. The Morgan fingerprint density at radius 2 is 1.79 bits per heavy atom. The molecule has 1 atom stereocenters. The van der Waals surface area contributed by atoms with Crippen LogP contribution in [0.25, 0.3) is 0 Å². The van der Waals surface area contributed by atoms with Crippen molar-refractivity contribution in [1.82, 2.24) is 24.8 Å². The molecule has 0 radical (unpaired) electrons. The third kappa shape index (κ3) is 5.04. The molecule has 9 nitrogen and oxygen atoms in total. The van der Waals surface area contributed by atoms with Gasteiger partial charge in [-0.1, -0.05) is 0 Å². The van der Waals surface area contributed by atoms with Crippen LogP contribution in [-0.4, -0.2) is 79.2 Å². The first-order chi connectivity index (χ1) is 13.9. The van der Waals surface area contributed by atoms with Crippen LogP contribution in [0.15, 0.2) is 18.2 Å². The number of nitrogens with zero attached hydrogens (tertiary/aromatic N) is 6. The van der Waals surface area contributed by atoms with Gasteiger partial charge in [-0.2, -0.15) is 15.0 Å². The predicted octanol–water partition coefficient (Wildman–Crippen LogP) is 1.42. The van der Waals surface area contributed by atoms with E-state index >= 15 is 0 Å². The molecule has 1 aliphatic rings. The molecule has 9 heteroatoms. The Hall–Kier alpha value is -2.65. The molecular formula is C20H31N7O2. The lowest BCUT2D eigenvalue weighted by Crippen LogP contribution is -2.47. The second-order valence-corrected chi connectivity index (χ2v) is 7.41. The second kappa shape index (κ2) is 9.23. The molecule has 1 unspecified atom stereocenters. The van der Waals surface area contributed by atoms with Gasteiger partial charge >= 0.3 is 0 Å². The first-order valence-electron chi connectivity index (χ1n) is 9.77. The summed E-state index contributed by atoms with van der Waals surface area (Å²) in [4.78, 5) is 19.8. The fourth-order valence-corrected chi connectivity index (χ4v) is 3.50. The molecule has 2 heterocycles. The van der Waals surface area contributed by atoms with Gasteiger partial charge < -0.3 is 20.1 Å². The number of benzene rings is 1. The number of hydrogen-bond donors (Lipinski definition) is 1. The van der Waals surface area contributed by atoms with Crippen molar-refractivity contribution in [2.75, 3.05) is 65.1 Å². The average Bonchev–Trinajstić information content (AvgIpc) is 2.73. The molecule has 0 bridgehead atoms. The van der Waals surface area contributed by atoms with Crippen molar-refractivity contribution >= 4 is 11.9 Å². The summed E-state index contributed by atoms with van der Waals surface area (Å²) in [5.74, 6) is 3.29. The zero-order valence-electron chi connectivity index (χ0n) is 17.9. The lowest BCUT2D eigenvalue weighted by molar-refractivity contribution is 0.0942. The van der Waals surface area contributed by atoms with E-state index in [1.807, 2.05) is 37.2 Å². The molecule has 1 aromatic carbocycles. The van der Waals surface area contributed by atoms with Crippen LogP contribution in [0.3, 0.4) is 0 Å². The number of piperazine rings is 1. The van der Waals surface area contributed by atoms with Crippen LogP contribution in [-0.2, 0) is 6.54 Å². The molecule has 3 rings (SSSR count). The highest BCUT2D eigenvalue weighted by atomic mass is 16.5. The number of ether oxygens (including phenoxy) is 2. The SMILES string of the molecule is COc1ccc(OC)c(CN2CCN(C(C)c3nc(N)nc(N(C)C)n3)CC2)c1. The standard InChI is InChI=1S/C20H31N7O2/c1-14(18-22-19(21)24-20(23-18)25(2)3)27-10-8-26(9-11-27)13-15-12-16(28-4)6-7-17(15)29-5/h6-7,12,14H,8-11,13H2,1-5H3,(H2,21,22,23,24). The van der Waals surface area contributed by atoms with E-state index in [-0.39, 0.29) is 12.0 Å². The largest absolute Gasteiger partial charge is 0.497 e. The van der Waals surface area contributed by atoms with Crippen LogP contribution in [0.5, 0.6) is 11.5 Å². The van der Waals surface area contributed by atoms with Gasteiger partial charge in [0.2, 0.25) is 11.9 Å². The Labute approximate surface area is 172 Å². The van der Waals surface area contributed by atoms with Crippen LogP contribution >= 0.6 is 0 Å². The summed E-state index contributed by atoms with van der Waals surface area (Å²) in [7, 11) is 7.18. The predicted molar refractivity (Wildman–Crippen MR) is 113 cm³/mol. The lowest BCUT2D eigenvalue weighted by atomic mass is 10.1. The minimum absolute atomic E-state index is 0.0764. The van der Waals surface area contributed by atoms with E-state index in [1.165, 1.54) is 0 Å². The van der Waals surface area contributed by atoms with E-state index in [0.717, 1.165) is 49.8 Å². The molecule has 0 amide bonds. The first-order valence-corrected chi connectivity index (χ1v) is 9.77. The van der Waals surface area contributed by atoms with Gasteiger partial charge in [0.05, 0.1) is 20.3 Å². The highest BCUT2D eigenvalue weighted by Gasteiger charge is 2.25. The van der Waals surface area contributed by atoms with Gasteiger partial charge in [0.1, 0.15) is 11.5 Å². The summed E-state index contributed by atoms with van der Waals surface area (Å²) in [5.41, 5.74) is 7.02. The van der Waals surface area contributed by atoms with E-state index in [1.54, 1.807) is 14.2 Å². The van der Waals surface area contributed by atoms with E-state index in [9.17, 15) is 0 Å². The highest BCUT2D eigenvalue weighted by Crippen LogP contribution is 2.26. The Kier molecular flexibility index (Phi) is 6.71. The zero-order chi connectivity index (χ0) is 21.0. The molecule has 0 aliphatic carbocycles. The van der Waals surface area contributed by atoms with Crippen molar-refractivity contribution in [3.8, 4) is 11.5 Å². The number of aromatic nitrogens is 3. The third-order valence-electron chi connectivity index (χ3n) is 5.27. The zero-order valence-corrected chi connectivity index (χ0v) is 17.9. The quantitative estimate of drug-likeness (QED) is 0.739. The topological polar surface area (TPSA) is 92.9 Å². The fraction of sp³-hybridized carbons (Fsp3) is 0.550. The number of rotatable bonds is 7. The van der Waals surface area contributed by atoms with Gasteiger partial charge in [-0.3, -0.25) is 9.80 Å². The van der Waals surface area contributed by atoms with Crippen LogP contribution in [0.2, 0.25) is 0 Å². The smallest absolute Gasteiger partial charge is 0.229 e. The monoisotopic (exact) mass is 401 g/mol. The minimum atomic E-state index is 0.0764. The molecule has 2 aromatic rings. The van der Waals surface area contributed by atoms with Gasteiger partial charge in [-0.05, 0) is 25.1 Å². The van der Waals surface area contributed by atoms with Crippen molar-refractivity contribution in [3.63, 3.8) is 0 Å². The molecule has 0 saturated carbocycles. The fourth-order valence-electron chi connectivity index (χ4n) is 3.50. The molecule has 0 spiro atoms. The van der Waals surface area contributed by atoms with Crippen molar-refractivity contribution in [1.29, 1.82) is 0 Å². The number of nitrogens with two attached hydrogens (primary N) is 1. The van der Waals surface area contributed by atoms with Crippen LogP contribution < -0.4 is 20.1 Å². The number of nitrogen functional groups attached to an aromatic ring is 1. The average molecular weight is 402 g/mol. The van der Waals surface area contributed by atoms with Crippen LogP contribution in [0.4, 0.5) is 11.9 Å². The maximum atomic E-state index is 5.89. The summed E-state index contributed by atoms with van der Waals surface area (Å²) >= 11 is 0. The van der Waals surface area contributed by atoms with E-state index in [2.05, 4.69) is 31.7 Å². The maximum absolute atomic E-state index is 5.89. The molecule has 2 N–H and O–H groups in total. The third-order valence-corrected chi connectivity index (χ3v) is 5.27. The Balaban J connectivity index is 1.64. The summed E-state index contributed by atoms with van der Waals surface area (Å²) in [6, 6.07) is 6.00. The summed E-state index contributed by atoms with van der Waals surface area (Å²) in [5, 5.41) is 0. The summed E-state index contributed by atoms with van der Waals surface area (Å²) < 4.78 is 10.9. The van der Waals surface area contributed by atoms with Crippen LogP contribution in [0.1, 0.15) is 24.4 Å². The molecule has 29 heavy (non-hydrogen) atoms. The normalized spacial score (nSPS) is 16.4. The van der Waals surface area contributed by atoms with Crippen molar-refractivity contribution in [2.24, 2.45) is 0 Å². The molecule has 1 aromatic heterocycles. The van der Waals surface area contributed by atoms with Crippen molar-refractivity contribution < 1.29 is 9.47 Å². The van der Waals surface area contributed by atoms with Gasteiger partial charge in [-0.25, -0.2) is 0 Å². The Morgan fingerprint density at radius 3 is 2.41 bits per heavy atom. The summed E-state index contributed by atoms with van der Waals surface area (Å²) in [6.07, 6.45) is 0. The van der Waals surface area contributed by atoms with E-state index in [4.69, 9.17) is 15.2 Å². The van der Waals surface area contributed by atoms with E-state index in [0.29, 0.717) is 11.8 Å². The molecule has 1 fully saturated rings. The second-order valence-electron chi connectivity index (χ2n) is 7.41. The molecular weight excluding hydrogens is 370 g/mol. The molecule has 158 valence electrons. The first kappa shape index (κ1) is 21.1. The van der Waals surface area contributed by atoms with Gasteiger partial charge in [0.25, 0.3) is 0 Å². The van der Waals surface area contributed by atoms with Crippen molar-refractivity contribution in [3.05, 3.63) is 29.6 Å². The Bertz CT molecular complexity index is 822.